The number of aryl methyl sites for hydroxylation is 1. The molecule has 3 N–H and O–H groups in total. The van der Waals surface area contributed by atoms with Gasteiger partial charge < -0.3 is 10.2 Å². The first-order chi connectivity index (χ1) is 8.74. The number of hydrazine groups is 1. The van der Waals surface area contributed by atoms with Crippen LogP contribution >= 0.6 is 0 Å². The summed E-state index contributed by atoms with van der Waals surface area (Å²) in [6.45, 7) is 2.43. The van der Waals surface area contributed by atoms with Crippen LogP contribution in [0.3, 0.4) is 0 Å². The standard InChI is InChI=1S/C13H16N4O/c1-9-7-12(17-14)16-13(15-9)11-6-4-3-5-10(11)8-18-2/h3-7H,8,14H2,1-2H3,(H,15,16,17). The lowest BCUT2D eigenvalue weighted by Crippen LogP contribution is -2.10. The lowest BCUT2D eigenvalue weighted by atomic mass is 10.1. The number of rotatable bonds is 4. The third kappa shape index (κ3) is 2.64. The molecule has 5 heteroatoms. The van der Waals surface area contributed by atoms with Crippen molar-refractivity contribution < 1.29 is 4.74 Å². The maximum atomic E-state index is 5.40. The number of nitrogens with one attached hydrogen (secondary N) is 1. The second-order valence-electron chi connectivity index (χ2n) is 3.95. The van der Waals surface area contributed by atoms with Gasteiger partial charge in [-0.1, -0.05) is 24.3 Å². The second kappa shape index (κ2) is 5.57. The van der Waals surface area contributed by atoms with Crippen molar-refractivity contribution in [1.29, 1.82) is 0 Å². The first kappa shape index (κ1) is 12.5. The highest BCUT2D eigenvalue weighted by atomic mass is 16.5. The van der Waals surface area contributed by atoms with E-state index < -0.39 is 0 Å². The van der Waals surface area contributed by atoms with Crippen molar-refractivity contribution in [1.82, 2.24) is 9.97 Å². The average molecular weight is 244 g/mol. The molecule has 0 radical (unpaired) electrons. The molecular weight excluding hydrogens is 228 g/mol. The van der Waals surface area contributed by atoms with Gasteiger partial charge in [0.25, 0.3) is 0 Å². The highest BCUT2D eigenvalue weighted by Crippen LogP contribution is 2.22. The van der Waals surface area contributed by atoms with E-state index in [2.05, 4.69) is 15.4 Å². The lowest BCUT2D eigenvalue weighted by molar-refractivity contribution is 0.185. The Balaban J connectivity index is 2.50. The van der Waals surface area contributed by atoms with Crippen molar-refractivity contribution in [2.45, 2.75) is 13.5 Å². The van der Waals surface area contributed by atoms with Gasteiger partial charge in [0.05, 0.1) is 6.61 Å². The maximum Gasteiger partial charge on any atom is 0.162 e. The Kier molecular flexibility index (Phi) is 3.86. The minimum atomic E-state index is 0.527. The smallest absolute Gasteiger partial charge is 0.162 e. The summed E-state index contributed by atoms with van der Waals surface area (Å²) in [4.78, 5) is 8.80. The molecule has 0 bridgehead atoms. The van der Waals surface area contributed by atoms with Crippen molar-refractivity contribution in [2.75, 3.05) is 12.5 Å². The molecule has 18 heavy (non-hydrogen) atoms. The van der Waals surface area contributed by atoms with Gasteiger partial charge in [-0.15, -0.1) is 0 Å². The average Bonchev–Trinajstić information content (AvgIpc) is 2.39. The number of anilines is 1. The number of hydrogen-bond donors (Lipinski definition) is 2. The topological polar surface area (TPSA) is 73.1 Å². The number of nitrogens with zero attached hydrogens (tertiary/aromatic N) is 2. The molecule has 2 rings (SSSR count). The van der Waals surface area contributed by atoms with Crippen LogP contribution in [0, 0.1) is 6.92 Å². The number of benzene rings is 1. The van der Waals surface area contributed by atoms with Crippen LogP contribution in [-0.2, 0) is 11.3 Å². The molecule has 0 aliphatic heterocycles. The van der Waals surface area contributed by atoms with Crippen LogP contribution in [0.25, 0.3) is 11.4 Å². The largest absolute Gasteiger partial charge is 0.380 e. The Labute approximate surface area is 106 Å². The highest BCUT2D eigenvalue weighted by molar-refractivity contribution is 5.61. The third-order valence-electron chi connectivity index (χ3n) is 2.56. The summed E-state index contributed by atoms with van der Waals surface area (Å²) < 4.78 is 5.18. The van der Waals surface area contributed by atoms with Gasteiger partial charge >= 0.3 is 0 Å². The summed E-state index contributed by atoms with van der Waals surface area (Å²) in [6.07, 6.45) is 0. The van der Waals surface area contributed by atoms with E-state index in [0.717, 1.165) is 16.8 Å². The predicted molar refractivity (Wildman–Crippen MR) is 70.7 cm³/mol. The highest BCUT2D eigenvalue weighted by Gasteiger charge is 2.09. The van der Waals surface area contributed by atoms with E-state index >= 15 is 0 Å². The zero-order valence-corrected chi connectivity index (χ0v) is 10.5. The van der Waals surface area contributed by atoms with E-state index in [4.69, 9.17) is 10.6 Å². The van der Waals surface area contributed by atoms with E-state index in [1.807, 2.05) is 31.2 Å². The number of nitrogens with two attached hydrogens (primary N) is 1. The first-order valence-corrected chi connectivity index (χ1v) is 5.64. The lowest BCUT2D eigenvalue weighted by Gasteiger charge is -2.09. The van der Waals surface area contributed by atoms with Gasteiger partial charge in [0, 0.05) is 24.4 Å². The van der Waals surface area contributed by atoms with Crippen molar-refractivity contribution in [2.24, 2.45) is 5.84 Å². The Morgan fingerprint density at radius 2 is 2.06 bits per heavy atom. The summed E-state index contributed by atoms with van der Waals surface area (Å²) in [5, 5.41) is 0. The molecule has 0 aliphatic carbocycles. The molecule has 94 valence electrons. The van der Waals surface area contributed by atoms with Crippen LogP contribution in [-0.4, -0.2) is 17.1 Å². The molecule has 0 amide bonds. The van der Waals surface area contributed by atoms with Gasteiger partial charge in [0.2, 0.25) is 0 Å². The SMILES string of the molecule is COCc1ccccc1-c1nc(C)cc(NN)n1. The Morgan fingerprint density at radius 3 is 2.78 bits per heavy atom. The van der Waals surface area contributed by atoms with Gasteiger partial charge in [0.1, 0.15) is 5.82 Å². The van der Waals surface area contributed by atoms with Crippen LogP contribution in [0.4, 0.5) is 5.82 Å². The zero-order valence-electron chi connectivity index (χ0n) is 10.5. The fourth-order valence-corrected chi connectivity index (χ4v) is 1.78. The molecule has 0 atom stereocenters. The number of ether oxygens (including phenoxy) is 1. The molecule has 0 aliphatic rings. The molecule has 0 saturated heterocycles. The number of hydrogen-bond acceptors (Lipinski definition) is 5. The van der Waals surface area contributed by atoms with Crippen molar-refractivity contribution >= 4 is 5.82 Å². The van der Waals surface area contributed by atoms with E-state index in [1.54, 1.807) is 13.2 Å². The Bertz CT molecular complexity index is 542. The fourth-order valence-electron chi connectivity index (χ4n) is 1.78. The zero-order chi connectivity index (χ0) is 13.0. The number of aromatic nitrogens is 2. The van der Waals surface area contributed by atoms with Gasteiger partial charge in [-0.05, 0) is 12.5 Å². The fraction of sp³-hybridized carbons (Fsp3) is 0.231. The van der Waals surface area contributed by atoms with Crippen molar-refractivity contribution in [3.05, 3.63) is 41.6 Å². The van der Waals surface area contributed by atoms with Gasteiger partial charge in [-0.25, -0.2) is 15.8 Å². The Morgan fingerprint density at radius 1 is 1.28 bits per heavy atom. The molecule has 0 fully saturated rings. The maximum absolute atomic E-state index is 5.40. The molecule has 1 aromatic heterocycles. The molecule has 5 nitrogen and oxygen atoms in total. The van der Waals surface area contributed by atoms with Gasteiger partial charge in [-0.2, -0.15) is 0 Å². The van der Waals surface area contributed by atoms with Crippen LogP contribution in [0.5, 0.6) is 0 Å². The summed E-state index contributed by atoms with van der Waals surface area (Å²) >= 11 is 0. The quantitative estimate of drug-likeness (QED) is 0.634. The van der Waals surface area contributed by atoms with Crippen LogP contribution in [0.2, 0.25) is 0 Å². The summed E-state index contributed by atoms with van der Waals surface area (Å²) in [5.41, 5.74) is 5.42. The minimum absolute atomic E-state index is 0.527. The van der Waals surface area contributed by atoms with E-state index in [9.17, 15) is 0 Å². The van der Waals surface area contributed by atoms with Crippen molar-refractivity contribution in [3.8, 4) is 11.4 Å². The number of nitrogen functional groups attached to an aromatic ring is 1. The van der Waals surface area contributed by atoms with Gasteiger partial charge in [0.15, 0.2) is 5.82 Å². The second-order valence-corrected chi connectivity index (χ2v) is 3.95. The molecule has 0 saturated carbocycles. The van der Waals surface area contributed by atoms with Crippen LogP contribution in [0.15, 0.2) is 30.3 Å². The normalized spacial score (nSPS) is 10.4. The first-order valence-electron chi connectivity index (χ1n) is 5.64. The van der Waals surface area contributed by atoms with Gasteiger partial charge in [-0.3, -0.25) is 0 Å². The van der Waals surface area contributed by atoms with Crippen LogP contribution < -0.4 is 11.3 Å². The van der Waals surface area contributed by atoms with E-state index in [0.29, 0.717) is 18.2 Å². The molecule has 1 heterocycles. The molecule has 2 aromatic rings. The summed E-state index contributed by atoms with van der Waals surface area (Å²) in [7, 11) is 1.67. The van der Waals surface area contributed by atoms with E-state index in [-0.39, 0.29) is 0 Å². The number of methoxy groups -OCH3 is 1. The van der Waals surface area contributed by atoms with Crippen LogP contribution in [0.1, 0.15) is 11.3 Å². The predicted octanol–water partition coefficient (Wildman–Crippen LogP) is 1.88. The monoisotopic (exact) mass is 244 g/mol. The summed E-state index contributed by atoms with van der Waals surface area (Å²) in [5.74, 6) is 6.65. The molecule has 1 aromatic carbocycles. The third-order valence-corrected chi connectivity index (χ3v) is 2.56. The molecule has 0 spiro atoms. The van der Waals surface area contributed by atoms with E-state index in [1.165, 1.54) is 0 Å². The molecule has 0 unspecified atom stereocenters. The Hall–Kier alpha value is -1.98. The molecular formula is C13H16N4O. The summed E-state index contributed by atoms with van der Waals surface area (Å²) in [6, 6.07) is 9.69. The minimum Gasteiger partial charge on any atom is -0.380 e. The van der Waals surface area contributed by atoms with Crippen molar-refractivity contribution in [3.63, 3.8) is 0 Å².